The van der Waals surface area contributed by atoms with E-state index in [0.29, 0.717) is 35.7 Å². The summed E-state index contributed by atoms with van der Waals surface area (Å²) >= 11 is 1.63. The predicted octanol–water partition coefficient (Wildman–Crippen LogP) is 2.90. The van der Waals surface area contributed by atoms with Gasteiger partial charge in [-0.25, -0.2) is 4.79 Å². The van der Waals surface area contributed by atoms with Crippen LogP contribution in [0.15, 0.2) is 16.8 Å². The minimum Gasteiger partial charge on any atom is -0.462 e. The van der Waals surface area contributed by atoms with Crippen molar-refractivity contribution in [2.75, 3.05) is 27.2 Å². The zero-order valence-electron chi connectivity index (χ0n) is 15.3. The average molecular weight is 363 g/mol. The fourth-order valence-corrected chi connectivity index (χ4v) is 3.53. The SMILES string of the molecule is CCOC(=O)c1c(C)[nH]c(C(=O)NC[C@H](c2ccsc2)N(C)C)c1C. The van der Waals surface area contributed by atoms with Crippen molar-refractivity contribution in [3.63, 3.8) is 0 Å². The van der Waals surface area contributed by atoms with E-state index >= 15 is 0 Å². The summed E-state index contributed by atoms with van der Waals surface area (Å²) in [5, 5.41) is 7.07. The lowest BCUT2D eigenvalue weighted by atomic mass is 10.1. The van der Waals surface area contributed by atoms with E-state index in [4.69, 9.17) is 4.74 Å². The summed E-state index contributed by atoms with van der Waals surface area (Å²) in [6, 6.07) is 2.15. The molecule has 25 heavy (non-hydrogen) atoms. The topological polar surface area (TPSA) is 74.4 Å². The van der Waals surface area contributed by atoms with Gasteiger partial charge in [0.1, 0.15) is 5.69 Å². The van der Waals surface area contributed by atoms with Gasteiger partial charge in [0.15, 0.2) is 0 Å². The number of esters is 1. The predicted molar refractivity (Wildman–Crippen MR) is 99.3 cm³/mol. The van der Waals surface area contributed by atoms with Gasteiger partial charge in [0.05, 0.1) is 18.2 Å². The number of likely N-dealkylation sites (N-methyl/N-ethyl adjacent to an activating group) is 1. The van der Waals surface area contributed by atoms with E-state index in [2.05, 4.69) is 26.6 Å². The maximum atomic E-state index is 12.6. The molecule has 2 aromatic rings. The zero-order valence-corrected chi connectivity index (χ0v) is 16.1. The summed E-state index contributed by atoms with van der Waals surface area (Å²) in [5.74, 6) is -0.629. The monoisotopic (exact) mass is 363 g/mol. The Morgan fingerprint density at radius 1 is 1.36 bits per heavy atom. The first-order chi connectivity index (χ1) is 11.9. The van der Waals surface area contributed by atoms with Crippen molar-refractivity contribution in [1.29, 1.82) is 0 Å². The molecule has 2 rings (SSSR count). The van der Waals surface area contributed by atoms with Gasteiger partial charge in [0.2, 0.25) is 0 Å². The molecule has 2 N–H and O–H groups in total. The molecule has 0 fully saturated rings. The first kappa shape index (κ1) is 19.2. The van der Waals surface area contributed by atoms with Crippen molar-refractivity contribution < 1.29 is 14.3 Å². The van der Waals surface area contributed by atoms with Crippen LogP contribution in [0, 0.1) is 13.8 Å². The molecule has 0 saturated carbocycles. The quantitative estimate of drug-likeness (QED) is 0.742. The number of carbonyl (C=O) groups excluding carboxylic acids is 2. The fourth-order valence-electron chi connectivity index (χ4n) is 2.83. The van der Waals surface area contributed by atoms with Crippen molar-refractivity contribution in [2.24, 2.45) is 0 Å². The second-order valence-corrected chi connectivity index (χ2v) is 6.87. The lowest BCUT2D eigenvalue weighted by Crippen LogP contribution is -2.34. The molecule has 1 amide bonds. The molecule has 7 heteroatoms. The van der Waals surface area contributed by atoms with Gasteiger partial charge in [-0.15, -0.1) is 0 Å². The molecule has 0 unspecified atom stereocenters. The Hall–Kier alpha value is -2.12. The second kappa shape index (κ2) is 8.31. The van der Waals surface area contributed by atoms with E-state index < -0.39 is 5.97 Å². The van der Waals surface area contributed by atoms with Crippen LogP contribution in [0.3, 0.4) is 0 Å². The lowest BCUT2D eigenvalue weighted by Gasteiger charge is -2.24. The zero-order chi connectivity index (χ0) is 18.6. The highest BCUT2D eigenvalue weighted by atomic mass is 32.1. The smallest absolute Gasteiger partial charge is 0.340 e. The fraction of sp³-hybridized carbons (Fsp3) is 0.444. The van der Waals surface area contributed by atoms with Gasteiger partial charge < -0.3 is 19.9 Å². The molecule has 2 heterocycles. The van der Waals surface area contributed by atoms with Gasteiger partial charge in [-0.05, 0) is 62.8 Å². The minimum atomic E-state index is -0.405. The number of thiophene rings is 1. The Morgan fingerprint density at radius 2 is 2.08 bits per heavy atom. The second-order valence-electron chi connectivity index (χ2n) is 6.09. The molecule has 1 atom stereocenters. The van der Waals surface area contributed by atoms with Crippen LogP contribution in [0.5, 0.6) is 0 Å². The number of nitrogens with zero attached hydrogens (tertiary/aromatic N) is 1. The molecule has 0 aromatic carbocycles. The van der Waals surface area contributed by atoms with E-state index in [1.54, 1.807) is 32.1 Å². The molecule has 0 radical (unpaired) electrons. The Morgan fingerprint density at radius 3 is 2.64 bits per heavy atom. The van der Waals surface area contributed by atoms with E-state index in [9.17, 15) is 9.59 Å². The number of nitrogens with one attached hydrogen (secondary N) is 2. The third kappa shape index (κ3) is 4.29. The number of H-pyrrole nitrogens is 1. The maximum absolute atomic E-state index is 12.6. The van der Waals surface area contributed by atoms with Crippen LogP contribution in [0.2, 0.25) is 0 Å². The summed E-state index contributed by atoms with van der Waals surface area (Å²) in [5.41, 5.74) is 3.27. The summed E-state index contributed by atoms with van der Waals surface area (Å²) < 4.78 is 5.07. The molecule has 2 aromatic heterocycles. The van der Waals surface area contributed by atoms with Crippen LogP contribution in [0.25, 0.3) is 0 Å². The Labute approximate surface area is 152 Å². The maximum Gasteiger partial charge on any atom is 0.340 e. The van der Waals surface area contributed by atoms with E-state index in [1.165, 1.54) is 5.56 Å². The third-order valence-corrected chi connectivity index (χ3v) is 4.85. The summed E-state index contributed by atoms with van der Waals surface area (Å²) in [6.45, 7) is 6.07. The summed E-state index contributed by atoms with van der Waals surface area (Å²) in [6.07, 6.45) is 0. The van der Waals surface area contributed by atoms with Crippen molar-refractivity contribution in [1.82, 2.24) is 15.2 Å². The average Bonchev–Trinajstić information content (AvgIpc) is 3.15. The third-order valence-electron chi connectivity index (χ3n) is 4.15. The van der Waals surface area contributed by atoms with Crippen LogP contribution in [-0.2, 0) is 4.74 Å². The number of aromatic amines is 1. The van der Waals surface area contributed by atoms with Crippen molar-refractivity contribution in [2.45, 2.75) is 26.8 Å². The van der Waals surface area contributed by atoms with E-state index in [-0.39, 0.29) is 11.9 Å². The number of amides is 1. The molecule has 0 saturated heterocycles. The molecule has 6 nitrogen and oxygen atoms in total. The highest BCUT2D eigenvalue weighted by Gasteiger charge is 2.23. The highest BCUT2D eigenvalue weighted by molar-refractivity contribution is 7.07. The molecule has 0 aliphatic heterocycles. The molecule has 0 bridgehead atoms. The van der Waals surface area contributed by atoms with Crippen LogP contribution in [-0.4, -0.2) is 49.0 Å². The number of aromatic nitrogens is 1. The van der Waals surface area contributed by atoms with Crippen LogP contribution in [0.4, 0.5) is 0 Å². The number of hydrogen-bond acceptors (Lipinski definition) is 5. The summed E-state index contributed by atoms with van der Waals surface area (Å²) in [7, 11) is 3.97. The van der Waals surface area contributed by atoms with Gasteiger partial charge in [-0.1, -0.05) is 0 Å². The van der Waals surface area contributed by atoms with Gasteiger partial charge >= 0.3 is 5.97 Å². The lowest BCUT2D eigenvalue weighted by molar-refractivity contribution is 0.0525. The first-order valence-corrected chi connectivity index (χ1v) is 9.14. The van der Waals surface area contributed by atoms with E-state index in [0.717, 1.165) is 0 Å². The normalized spacial score (nSPS) is 12.2. The van der Waals surface area contributed by atoms with E-state index in [1.807, 2.05) is 19.5 Å². The van der Waals surface area contributed by atoms with Gasteiger partial charge in [0.25, 0.3) is 5.91 Å². The standard InChI is InChI=1S/C18H25N3O3S/c1-6-24-18(23)15-11(2)16(20-12(15)3)17(22)19-9-14(21(4)5)13-7-8-25-10-13/h7-8,10,14,20H,6,9H2,1-5H3,(H,19,22)/t14-/m1/s1. The minimum absolute atomic E-state index is 0.0936. The Kier molecular flexibility index (Phi) is 6.39. The number of hydrogen-bond donors (Lipinski definition) is 2. The van der Waals surface area contributed by atoms with Gasteiger partial charge in [0, 0.05) is 12.2 Å². The Balaban J connectivity index is 2.13. The number of carbonyl (C=O) groups is 2. The van der Waals surface area contributed by atoms with Crippen molar-refractivity contribution in [3.05, 3.63) is 44.9 Å². The van der Waals surface area contributed by atoms with Crippen LogP contribution >= 0.6 is 11.3 Å². The van der Waals surface area contributed by atoms with Crippen molar-refractivity contribution in [3.8, 4) is 0 Å². The molecular formula is C18H25N3O3S. The van der Waals surface area contributed by atoms with Gasteiger partial charge in [-0.3, -0.25) is 4.79 Å². The molecule has 136 valence electrons. The van der Waals surface area contributed by atoms with Crippen LogP contribution in [0.1, 0.15) is 50.6 Å². The molecule has 0 aliphatic rings. The highest BCUT2D eigenvalue weighted by Crippen LogP contribution is 2.21. The van der Waals surface area contributed by atoms with Gasteiger partial charge in [-0.2, -0.15) is 11.3 Å². The first-order valence-electron chi connectivity index (χ1n) is 8.19. The number of rotatable bonds is 7. The molecule has 0 aliphatic carbocycles. The Bertz CT molecular complexity index is 735. The number of aryl methyl sites for hydroxylation is 1. The summed E-state index contributed by atoms with van der Waals surface area (Å²) in [4.78, 5) is 29.7. The molecule has 0 spiro atoms. The molecular weight excluding hydrogens is 338 g/mol. The van der Waals surface area contributed by atoms with Crippen molar-refractivity contribution >= 4 is 23.2 Å². The largest absolute Gasteiger partial charge is 0.462 e. The number of ether oxygens (including phenoxy) is 1. The van der Waals surface area contributed by atoms with Crippen LogP contribution < -0.4 is 5.32 Å².